The summed E-state index contributed by atoms with van der Waals surface area (Å²) in [5.74, 6) is 0.0878. The Morgan fingerprint density at radius 1 is 1.08 bits per heavy atom. The lowest BCUT2D eigenvalue weighted by Gasteiger charge is -2.38. The molecule has 1 N–H and O–H groups in total. The minimum atomic E-state index is -0.337. The molecule has 0 saturated carbocycles. The molecule has 0 spiro atoms. The summed E-state index contributed by atoms with van der Waals surface area (Å²) in [6, 6.07) is 14.8. The van der Waals surface area contributed by atoms with E-state index in [1.54, 1.807) is 0 Å². The number of benzene rings is 2. The minimum Gasteiger partial charge on any atom is -0.381 e. The van der Waals surface area contributed by atoms with Gasteiger partial charge in [0.25, 0.3) is 0 Å². The van der Waals surface area contributed by atoms with Crippen LogP contribution in [0.5, 0.6) is 0 Å². The molecule has 0 bridgehead atoms. The number of hydrogen-bond donors (Lipinski definition) is 1. The Labute approximate surface area is 163 Å². The number of carbonyl (C=O) groups excluding carboxylic acids is 1. The first-order chi connectivity index (χ1) is 12.6. The summed E-state index contributed by atoms with van der Waals surface area (Å²) >= 11 is 3.56. The molecular weight excluding hydrogens is 390 g/mol. The van der Waals surface area contributed by atoms with E-state index in [0.29, 0.717) is 19.6 Å². The summed E-state index contributed by atoms with van der Waals surface area (Å²) in [6.07, 6.45) is 5.59. The van der Waals surface area contributed by atoms with E-state index in [9.17, 15) is 4.79 Å². The second kappa shape index (κ2) is 7.53. The minimum absolute atomic E-state index is 0.0878. The number of aryl methyl sites for hydroxylation is 2. The smallest absolute Gasteiger partial charge is 0.225 e. The van der Waals surface area contributed by atoms with E-state index in [1.165, 1.54) is 24.0 Å². The molecule has 1 saturated heterocycles. The molecular formula is C22H24BrNO2. The Hall–Kier alpha value is -1.65. The molecule has 2 aliphatic rings. The van der Waals surface area contributed by atoms with Gasteiger partial charge in [0.05, 0.1) is 12.0 Å². The summed E-state index contributed by atoms with van der Waals surface area (Å²) in [7, 11) is 0. The standard InChI is InChI=1S/C22H24BrNO2/c23-20-6-2-5-19(15-20)22(9-11-26-12-10-22)24-21(25)14-16-7-8-17-3-1-4-18(17)13-16/h2,5-8,13,15H,1,3-4,9-12,14H2,(H,24,25). The monoisotopic (exact) mass is 413 g/mol. The molecule has 1 fully saturated rings. The maximum Gasteiger partial charge on any atom is 0.225 e. The first-order valence-corrected chi connectivity index (χ1v) is 10.2. The summed E-state index contributed by atoms with van der Waals surface area (Å²) in [5.41, 5.74) is 4.79. The van der Waals surface area contributed by atoms with E-state index in [0.717, 1.165) is 34.9 Å². The van der Waals surface area contributed by atoms with Crippen LogP contribution in [-0.4, -0.2) is 19.1 Å². The van der Waals surface area contributed by atoms with Gasteiger partial charge >= 0.3 is 0 Å². The molecule has 1 aliphatic heterocycles. The van der Waals surface area contributed by atoms with E-state index in [1.807, 2.05) is 12.1 Å². The third-order valence-corrected chi connectivity index (χ3v) is 6.12. The summed E-state index contributed by atoms with van der Waals surface area (Å²) < 4.78 is 6.60. The molecule has 2 aromatic carbocycles. The fraction of sp³-hybridized carbons (Fsp3) is 0.409. The zero-order chi connectivity index (χ0) is 18.0. The molecule has 1 amide bonds. The van der Waals surface area contributed by atoms with Crippen LogP contribution >= 0.6 is 15.9 Å². The highest BCUT2D eigenvalue weighted by Crippen LogP contribution is 2.33. The number of amides is 1. The van der Waals surface area contributed by atoms with Crippen molar-refractivity contribution in [2.75, 3.05) is 13.2 Å². The maximum absolute atomic E-state index is 12.9. The second-order valence-electron chi connectivity index (χ2n) is 7.39. The fourth-order valence-electron chi connectivity index (χ4n) is 4.22. The Bertz CT molecular complexity index is 812. The van der Waals surface area contributed by atoms with Gasteiger partial charge in [-0.2, -0.15) is 0 Å². The lowest BCUT2D eigenvalue weighted by Crippen LogP contribution is -2.50. The average Bonchev–Trinajstić information content (AvgIpc) is 3.10. The van der Waals surface area contributed by atoms with Gasteiger partial charge in [0, 0.05) is 17.7 Å². The van der Waals surface area contributed by atoms with Crippen molar-refractivity contribution in [3.05, 3.63) is 69.2 Å². The number of nitrogens with one attached hydrogen (secondary N) is 1. The third-order valence-electron chi connectivity index (χ3n) is 5.63. The highest BCUT2D eigenvalue weighted by Gasteiger charge is 2.36. The van der Waals surface area contributed by atoms with Crippen molar-refractivity contribution in [2.24, 2.45) is 0 Å². The normalized spacial score (nSPS) is 18.3. The quantitative estimate of drug-likeness (QED) is 0.810. The van der Waals surface area contributed by atoms with Crippen molar-refractivity contribution in [2.45, 2.75) is 44.1 Å². The van der Waals surface area contributed by atoms with Gasteiger partial charge in [0.1, 0.15) is 0 Å². The average molecular weight is 414 g/mol. The van der Waals surface area contributed by atoms with Crippen LogP contribution in [0.2, 0.25) is 0 Å². The molecule has 0 atom stereocenters. The largest absolute Gasteiger partial charge is 0.381 e. The number of halogens is 1. The molecule has 0 radical (unpaired) electrons. The van der Waals surface area contributed by atoms with Crippen LogP contribution in [-0.2, 0) is 34.3 Å². The number of rotatable bonds is 4. The molecule has 2 aromatic rings. The molecule has 3 nitrogen and oxygen atoms in total. The molecule has 4 rings (SSSR count). The second-order valence-corrected chi connectivity index (χ2v) is 8.30. The van der Waals surface area contributed by atoms with Crippen LogP contribution in [0, 0.1) is 0 Å². The van der Waals surface area contributed by atoms with Crippen molar-refractivity contribution < 1.29 is 9.53 Å². The molecule has 1 aliphatic carbocycles. The van der Waals surface area contributed by atoms with E-state index in [-0.39, 0.29) is 11.4 Å². The Morgan fingerprint density at radius 2 is 1.88 bits per heavy atom. The van der Waals surface area contributed by atoms with E-state index in [2.05, 4.69) is 51.6 Å². The molecule has 1 heterocycles. The lowest BCUT2D eigenvalue weighted by atomic mass is 9.82. The van der Waals surface area contributed by atoms with Gasteiger partial charge < -0.3 is 10.1 Å². The summed E-state index contributed by atoms with van der Waals surface area (Å²) in [6.45, 7) is 1.34. The first kappa shape index (κ1) is 17.7. The highest BCUT2D eigenvalue weighted by molar-refractivity contribution is 9.10. The zero-order valence-electron chi connectivity index (χ0n) is 14.9. The van der Waals surface area contributed by atoms with Crippen LogP contribution < -0.4 is 5.32 Å². The van der Waals surface area contributed by atoms with Crippen molar-refractivity contribution in [1.29, 1.82) is 0 Å². The Morgan fingerprint density at radius 3 is 2.69 bits per heavy atom. The zero-order valence-corrected chi connectivity index (χ0v) is 16.5. The topological polar surface area (TPSA) is 38.3 Å². The predicted molar refractivity (Wildman–Crippen MR) is 106 cm³/mol. The SMILES string of the molecule is O=C(Cc1ccc2c(c1)CCC2)NC1(c2cccc(Br)c2)CCOCC1. The van der Waals surface area contributed by atoms with Crippen LogP contribution in [0.4, 0.5) is 0 Å². The molecule has 4 heteroatoms. The van der Waals surface area contributed by atoms with Gasteiger partial charge in [0.2, 0.25) is 5.91 Å². The third kappa shape index (κ3) is 3.72. The van der Waals surface area contributed by atoms with Gasteiger partial charge in [-0.05, 0) is 66.5 Å². The molecule has 26 heavy (non-hydrogen) atoms. The van der Waals surface area contributed by atoms with Gasteiger partial charge in [0.15, 0.2) is 0 Å². The van der Waals surface area contributed by atoms with Crippen molar-refractivity contribution >= 4 is 21.8 Å². The van der Waals surface area contributed by atoms with Crippen LogP contribution in [0.25, 0.3) is 0 Å². The van der Waals surface area contributed by atoms with Gasteiger partial charge in [-0.1, -0.05) is 46.3 Å². The van der Waals surface area contributed by atoms with E-state index in [4.69, 9.17) is 4.74 Å². The summed E-state index contributed by atoms with van der Waals surface area (Å²) in [5, 5.41) is 3.35. The van der Waals surface area contributed by atoms with Crippen LogP contribution in [0.15, 0.2) is 46.9 Å². The maximum atomic E-state index is 12.9. The Balaban J connectivity index is 1.53. The first-order valence-electron chi connectivity index (χ1n) is 9.40. The van der Waals surface area contributed by atoms with Gasteiger partial charge in [-0.15, -0.1) is 0 Å². The molecule has 136 valence electrons. The van der Waals surface area contributed by atoms with Crippen LogP contribution in [0.1, 0.15) is 41.5 Å². The predicted octanol–water partition coefficient (Wildman–Crippen LogP) is 4.30. The lowest BCUT2D eigenvalue weighted by molar-refractivity contribution is -0.123. The van der Waals surface area contributed by atoms with Crippen LogP contribution in [0.3, 0.4) is 0 Å². The van der Waals surface area contributed by atoms with Crippen molar-refractivity contribution in [1.82, 2.24) is 5.32 Å². The van der Waals surface area contributed by atoms with Crippen molar-refractivity contribution in [3.63, 3.8) is 0 Å². The van der Waals surface area contributed by atoms with E-state index >= 15 is 0 Å². The number of ether oxygens (including phenoxy) is 1. The van der Waals surface area contributed by atoms with E-state index < -0.39 is 0 Å². The van der Waals surface area contributed by atoms with Gasteiger partial charge in [-0.25, -0.2) is 0 Å². The highest BCUT2D eigenvalue weighted by atomic mass is 79.9. The number of carbonyl (C=O) groups is 1. The molecule has 0 aromatic heterocycles. The van der Waals surface area contributed by atoms with Crippen molar-refractivity contribution in [3.8, 4) is 0 Å². The molecule has 0 unspecified atom stereocenters. The fourth-order valence-corrected chi connectivity index (χ4v) is 4.62. The Kier molecular flexibility index (Phi) is 5.14. The number of hydrogen-bond acceptors (Lipinski definition) is 2. The summed E-state index contributed by atoms with van der Waals surface area (Å²) in [4.78, 5) is 12.9. The van der Waals surface area contributed by atoms with Gasteiger partial charge in [-0.3, -0.25) is 4.79 Å². The number of fused-ring (bicyclic) bond motifs is 1.